The van der Waals surface area contributed by atoms with Crippen molar-refractivity contribution in [3.05, 3.63) is 146 Å². The Bertz CT molecular complexity index is 2750. The number of benzene rings is 7. The summed E-state index contributed by atoms with van der Waals surface area (Å²) in [6.07, 6.45) is 0. The first-order valence-corrected chi connectivity index (χ1v) is 16.8. The molecule has 218 valence electrons. The molecule has 4 heterocycles. The van der Waals surface area contributed by atoms with Crippen LogP contribution in [0.5, 0.6) is 23.0 Å². The first-order chi connectivity index (χ1) is 23.3. The highest BCUT2D eigenvalue weighted by Crippen LogP contribution is 2.42. The standard InChI is InChI=1S/C42H24BNO2S/c1-3-10-25(11-4-1)26-18-19-34-29(20-26)30-21-32-38(23-35(30)44(34)27-12-5-2-6-13-27)45-36-15-9-16-37-42(36)43(32)33-22-31-28-14-7-8-17-40(28)47-41(31)24-39(33)46-37/h1-24H. The van der Waals surface area contributed by atoms with Crippen LogP contribution in [0.1, 0.15) is 0 Å². The minimum atomic E-state index is -0.0198. The molecule has 0 amide bonds. The van der Waals surface area contributed by atoms with Crippen LogP contribution < -0.4 is 25.9 Å². The summed E-state index contributed by atoms with van der Waals surface area (Å²) in [5.74, 6) is 3.53. The molecule has 2 aliphatic rings. The van der Waals surface area contributed by atoms with E-state index in [0.717, 1.165) is 45.1 Å². The molecular weight excluding hydrogens is 593 g/mol. The molecule has 9 aromatic rings. The van der Waals surface area contributed by atoms with Gasteiger partial charge in [0.2, 0.25) is 0 Å². The number of nitrogens with zero attached hydrogens (tertiary/aromatic N) is 1. The molecule has 0 spiro atoms. The minimum absolute atomic E-state index is 0.0198. The predicted octanol–water partition coefficient (Wildman–Crippen LogP) is 9.55. The first-order valence-electron chi connectivity index (χ1n) is 16.0. The van der Waals surface area contributed by atoms with E-state index in [1.165, 1.54) is 53.1 Å². The highest BCUT2D eigenvalue weighted by molar-refractivity contribution is 7.25. The van der Waals surface area contributed by atoms with E-state index in [1.807, 2.05) is 17.4 Å². The highest BCUT2D eigenvalue weighted by atomic mass is 32.1. The van der Waals surface area contributed by atoms with Crippen molar-refractivity contribution < 1.29 is 9.47 Å². The molecule has 0 atom stereocenters. The molecule has 0 radical (unpaired) electrons. The Morgan fingerprint density at radius 2 is 1.13 bits per heavy atom. The summed E-state index contributed by atoms with van der Waals surface area (Å²) >= 11 is 1.82. The molecule has 0 N–H and O–H groups in total. The third kappa shape index (κ3) is 3.57. The molecule has 0 bridgehead atoms. The quantitative estimate of drug-likeness (QED) is 0.181. The van der Waals surface area contributed by atoms with Crippen molar-refractivity contribution in [1.29, 1.82) is 0 Å². The molecule has 11 rings (SSSR count). The van der Waals surface area contributed by atoms with Gasteiger partial charge >= 0.3 is 0 Å². The van der Waals surface area contributed by atoms with E-state index in [1.54, 1.807) is 0 Å². The number of hydrogen-bond acceptors (Lipinski definition) is 3. The summed E-state index contributed by atoms with van der Waals surface area (Å²) in [6, 6.07) is 52.2. The Hall–Kier alpha value is -5.78. The molecule has 5 heteroatoms. The zero-order valence-corrected chi connectivity index (χ0v) is 25.9. The lowest BCUT2D eigenvalue weighted by molar-refractivity contribution is 0.465. The lowest BCUT2D eigenvalue weighted by Gasteiger charge is -2.33. The van der Waals surface area contributed by atoms with Crippen LogP contribution in [0.25, 0.3) is 58.8 Å². The van der Waals surface area contributed by atoms with Gasteiger partial charge in [-0.25, -0.2) is 0 Å². The van der Waals surface area contributed by atoms with Crippen LogP contribution in [-0.4, -0.2) is 11.3 Å². The number of hydrogen-bond donors (Lipinski definition) is 0. The van der Waals surface area contributed by atoms with Gasteiger partial charge in [-0.05, 0) is 70.6 Å². The molecule has 47 heavy (non-hydrogen) atoms. The Labute approximate surface area is 274 Å². The molecule has 0 fully saturated rings. The van der Waals surface area contributed by atoms with Crippen molar-refractivity contribution in [3.8, 4) is 39.8 Å². The summed E-state index contributed by atoms with van der Waals surface area (Å²) in [6.45, 7) is -0.0198. The van der Waals surface area contributed by atoms with Crippen LogP contribution in [0, 0.1) is 0 Å². The van der Waals surface area contributed by atoms with Gasteiger partial charge < -0.3 is 14.0 Å². The van der Waals surface area contributed by atoms with Gasteiger partial charge in [0.15, 0.2) is 0 Å². The van der Waals surface area contributed by atoms with Crippen molar-refractivity contribution >= 4 is 76.4 Å². The Morgan fingerprint density at radius 3 is 1.94 bits per heavy atom. The molecule has 2 aromatic heterocycles. The van der Waals surface area contributed by atoms with E-state index >= 15 is 0 Å². The molecule has 0 saturated heterocycles. The predicted molar refractivity (Wildman–Crippen MR) is 197 cm³/mol. The van der Waals surface area contributed by atoms with Crippen molar-refractivity contribution in [3.63, 3.8) is 0 Å². The van der Waals surface area contributed by atoms with Crippen LogP contribution in [-0.2, 0) is 0 Å². The van der Waals surface area contributed by atoms with Gasteiger partial charge in [-0.1, -0.05) is 91.0 Å². The van der Waals surface area contributed by atoms with Crippen LogP contribution >= 0.6 is 11.3 Å². The van der Waals surface area contributed by atoms with Gasteiger partial charge in [0.1, 0.15) is 23.0 Å². The van der Waals surface area contributed by atoms with Crippen LogP contribution in [0.4, 0.5) is 0 Å². The maximum absolute atomic E-state index is 6.78. The van der Waals surface area contributed by atoms with Gasteiger partial charge in [0, 0.05) is 48.2 Å². The van der Waals surface area contributed by atoms with E-state index in [2.05, 4.69) is 144 Å². The zero-order valence-electron chi connectivity index (χ0n) is 25.1. The zero-order chi connectivity index (χ0) is 30.6. The lowest BCUT2D eigenvalue weighted by Crippen LogP contribution is -2.57. The molecule has 2 aliphatic heterocycles. The largest absolute Gasteiger partial charge is 0.458 e. The molecule has 0 unspecified atom stereocenters. The fourth-order valence-corrected chi connectivity index (χ4v) is 8.94. The number of aromatic nitrogens is 1. The second-order valence-electron chi connectivity index (χ2n) is 12.5. The fourth-order valence-electron chi connectivity index (χ4n) is 7.83. The SMILES string of the molecule is c1ccc(-c2ccc3c(c2)c2cc4c(cc2n3-c2ccccc2)Oc2cccc3c2B4c2cc4c(cc2O3)sc2ccccc24)cc1. The summed E-state index contributed by atoms with van der Waals surface area (Å²) in [5.41, 5.74) is 9.28. The third-order valence-electron chi connectivity index (χ3n) is 9.90. The summed E-state index contributed by atoms with van der Waals surface area (Å²) in [5, 5.41) is 4.99. The van der Waals surface area contributed by atoms with Crippen molar-refractivity contribution in [2.45, 2.75) is 0 Å². The fraction of sp³-hybridized carbons (Fsp3) is 0. The lowest BCUT2D eigenvalue weighted by atomic mass is 9.34. The monoisotopic (exact) mass is 617 g/mol. The second kappa shape index (κ2) is 9.38. The first kappa shape index (κ1) is 25.4. The van der Waals surface area contributed by atoms with Crippen LogP contribution in [0.3, 0.4) is 0 Å². The Morgan fingerprint density at radius 1 is 0.447 bits per heavy atom. The van der Waals surface area contributed by atoms with Crippen molar-refractivity contribution in [1.82, 2.24) is 4.57 Å². The number of para-hydroxylation sites is 1. The molecular formula is C42H24BNO2S. The van der Waals surface area contributed by atoms with E-state index in [-0.39, 0.29) is 6.71 Å². The van der Waals surface area contributed by atoms with Crippen molar-refractivity contribution in [2.75, 3.05) is 0 Å². The number of thiophene rings is 1. The summed E-state index contributed by atoms with van der Waals surface area (Å²) in [4.78, 5) is 0. The molecule has 3 nitrogen and oxygen atoms in total. The Kier molecular flexibility index (Phi) is 5.07. The van der Waals surface area contributed by atoms with Gasteiger partial charge in [-0.15, -0.1) is 11.3 Å². The van der Waals surface area contributed by atoms with E-state index in [0.29, 0.717) is 0 Å². The average Bonchev–Trinajstić information content (AvgIpc) is 3.64. The van der Waals surface area contributed by atoms with E-state index < -0.39 is 0 Å². The average molecular weight is 618 g/mol. The molecule has 0 saturated carbocycles. The summed E-state index contributed by atoms with van der Waals surface area (Å²) in [7, 11) is 0. The number of ether oxygens (including phenoxy) is 2. The van der Waals surface area contributed by atoms with Gasteiger partial charge in [0.25, 0.3) is 6.71 Å². The normalized spacial score (nSPS) is 13.0. The van der Waals surface area contributed by atoms with Crippen LogP contribution in [0.2, 0.25) is 0 Å². The maximum atomic E-state index is 6.78. The van der Waals surface area contributed by atoms with Crippen LogP contribution in [0.15, 0.2) is 146 Å². The molecule has 7 aromatic carbocycles. The van der Waals surface area contributed by atoms with E-state index in [4.69, 9.17) is 9.47 Å². The second-order valence-corrected chi connectivity index (χ2v) is 13.5. The summed E-state index contributed by atoms with van der Waals surface area (Å²) < 4.78 is 18.3. The topological polar surface area (TPSA) is 23.4 Å². The maximum Gasteiger partial charge on any atom is 0.260 e. The van der Waals surface area contributed by atoms with Crippen molar-refractivity contribution in [2.24, 2.45) is 0 Å². The third-order valence-corrected chi connectivity index (χ3v) is 11.0. The van der Waals surface area contributed by atoms with Gasteiger partial charge in [0.05, 0.1) is 11.0 Å². The molecule has 0 aliphatic carbocycles. The number of rotatable bonds is 2. The van der Waals surface area contributed by atoms with Gasteiger partial charge in [-0.2, -0.15) is 0 Å². The number of fused-ring (bicyclic) bond motifs is 10. The minimum Gasteiger partial charge on any atom is -0.458 e. The smallest absolute Gasteiger partial charge is 0.260 e. The highest BCUT2D eigenvalue weighted by Gasteiger charge is 2.41. The Balaban J connectivity index is 1.22. The van der Waals surface area contributed by atoms with E-state index in [9.17, 15) is 0 Å². The van der Waals surface area contributed by atoms with Gasteiger partial charge in [-0.3, -0.25) is 0 Å².